The number of dihydropyridines is 1. The van der Waals surface area contributed by atoms with Crippen LogP contribution in [-0.2, 0) is 19.1 Å². The number of benzene rings is 2. The molecule has 1 heterocycles. The average molecular weight is 482 g/mol. The second-order valence-corrected chi connectivity index (χ2v) is 8.88. The second kappa shape index (κ2) is 10.5. The molecule has 6 nitrogen and oxygen atoms in total. The van der Waals surface area contributed by atoms with Gasteiger partial charge in [0, 0.05) is 47.4 Å². The maximum atomic E-state index is 13.6. The molecule has 2 aromatic rings. The van der Waals surface area contributed by atoms with Crippen molar-refractivity contribution in [3.05, 3.63) is 87.2 Å². The number of ketones is 1. The molecule has 0 saturated carbocycles. The molecule has 4 rings (SSSR count). The molecule has 0 bridgehead atoms. The first kappa shape index (κ1) is 24.0. The third-order valence-electron chi connectivity index (χ3n) is 6.33. The van der Waals surface area contributed by atoms with Crippen LogP contribution in [0.15, 0.2) is 71.1 Å². The zero-order valence-electron chi connectivity index (χ0n) is 19.5. The highest BCUT2D eigenvalue weighted by Gasteiger charge is 2.41. The van der Waals surface area contributed by atoms with E-state index in [1.807, 2.05) is 43.3 Å². The van der Waals surface area contributed by atoms with Crippen LogP contribution in [0.1, 0.15) is 42.7 Å². The van der Waals surface area contributed by atoms with Gasteiger partial charge in [-0.25, -0.2) is 4.79 Å². The number of hydrogen-bond acceptors (Lipinski definition) is 6. The van der Waals surface area contributed by atoms with Crippen molar-refractivity contribution in [1.82, 2.24) is 5.32 Å². The molecule has 1 aliphatic heterocycles. The summed E-state index contributed by atoms with van der Waals surface area (Å²) in [4.78, 5) is 26.8. The molecule has 2 aromatic carbocycles. The van der Waals surface area contributed by atoms with Crippen LogP contribution in [0.5, 0.6) is 5.75 Å². The van der Waals surface area contributed by atoms with E-state index in [4.69, 9.17) is 25.8 Å². The number of nitrogens with one attached hydrogen (secondary N) is 1. The lowest BCUT2D eigenvalue weighted by atomic mass is 9.71. The van der Waals surface area contributed by atoms with E-state index in [9.17, 15) is 9.59 Å². The molecule has 2 aliphatic rings. The Morgan fingerprint density at radius 1 is 1.09 bits per heavy atom. The summed E-state index contributed by atoms with van der Waals surface area (Å²) in [5.74, 6) is -0.308. The van der Waals surface area contributed by atoms with Gasteiger partial charge in [-0.1, -0.05) is 41.9 Å². The van der Waals surface area contributed by atoms with E-state index in [1.54, 1.807) is 26.4 Å². The SMILES string of the molecule is COCCOC(=O)C1=C(C)NC2=C(C(=O)C[C@H](c3ccccc3OC)C2)[C@H]1c1cccc(Cl)c1. The largest absolute Gasteiger partial charge is 0.496 e. The number of methoxy groups -OCH3 is 2. The molecule has 0 saturated heterocycles. The smallest absolute Gasteiger partial charge is 0.336 e. The summed E-state index contributed by atoms with van der Waals surface area (Å²) in [5, 5.41) is 3.89. The molecule has 1 N–H and O–H groups in total. The summed E-state index contributed by atoms with van der Waals surface area (Å²) >= 11 is 6.30. The lowest BCUT2D eigenvalue weighted by Gasteiger charge is -2.37. The van der Waals surface area contributed by atoms with E-state index in [0.29, 0.717) is 41.3 Å². The van der Waals surface area contributed by atoms with Crippen molar-refractivity contribution in [2.75, 3.05) is 27.4 Å². The molecule has 0 amide bonds. The summed E-state index contributed by atoms with van der Waals surface area (Å²) in [6.45, 7) is 2.26. The predicted molar refractivity (Wildman–Crippen MR) is 130 cm³/mol. The first-order valence-corrected chi connectivity index (χ1v) is 11.6. The molecule has 0 radical (unpaired) electrons. The van der Waals surface area contributed by atoms with Crippen LogP contribution in [0.4, 0.5) is 0 Å². The summed E-state index contributed by atoms with van der Waals surface area (Å²) in [6, 6.07) is 15.1. The van der Waals surface area contributed by atoms with E-state index in [1.165, 1.54) is 0 Å². The Labute approximate surface area is 204 Å². The van der Waals surface area contributed by atoms with E-state index >= 15 is 0 Å². The topological polar surface area (TPSA) is 73.9 Å². The molecular weight excluding hydrogens is 454 g/mol. The number of hydrogen-bond donors (Lipinski definition) is 1. The van der Waals surface area contributed by atoms with Gasteiger partial charge in [0.25, 0.3) is 0 Å². The highest BCUT2D eigenvalue weighted by atomic mass is 35.5. The van der Waals surface area contributed by atoms with Crippen LogP contribution in [0.3, 0.4) is 0 Å². The standard InChI is InChI=1S/C27H28ClNO5/c1-16-24(27(31)34-12-11-32-2)25(17-7-6-8-19(28)13-17)26-21(29-16)14-18(15-22(26)30)20-9-4-5-10-23(20)33-3/h4-10,13,18,25,29H,11-12,14-15H2,1-3H3/t18-,25+/m1/s1. The number of Topliss-reactive ketones (excluding diaryl/α,β-unsaturated/α-hetero) is 1. The minimum atomic E-state index is -0.559. The fourth-order valence-electron chi connectivity index (χ4n) is 4.85. The second-order valence-electron chi connectivity index (χ2n) is 8.44. The fourth-order valence-corrected chi connectivity index (χ4v) is 5.05. The third-order valence-corrected chi connectivity index (χ3v) is 6.56. The Hall–Kier alpha value is -3.09. The van der Waals surface area contributed by atoms with E-state index in [2.05, 4.69) is 5.32 Å². The quantitative estimate of drug-likeness (QED) is 0.448. The van der Waals surface area contributed by atoms with Gasteiger partial charge in [0.2, 0.25) is 0 Å². The molecule has 0 spiro atoms. The number of para-hydroxylation sites is 1. The fraction of sp³-hybridized carbons (Fsp3) is 0.333. The van der Waals surface area contributed by atoms with Crippen molar-refractivity contribution in [2.24, 2.45) is 0 Å². The van der Waals surface area contributed by atoms with Crippen molar-refractivity contribution in [3.63, 3.8) is 0 Å². The number of rotatable bonds is 7. The molecule has 7 heteroatoms. The van der Waals surface area contributed by atoms with Gasteiger partial charge in [-0.15, -0.1) is 0 Å². The molecule has 0 aromatic heterocycles. The molecule has 2 atom stereocenters. The normalized spacial score (nSPS) is 20.1. The van der Waals surface area contributed by atoms with Crippen LogP contribution in [0.2, 0.25) is 5.02 Å². The maximum absolute atomic E-state index is 13.6. The highest BCUT2D eigenvalue weighted by Crippen LogP contribution is 2.47. The zero-order valence-corrected chi connectivity index (χ0v) is 20.3. The van der Waals surface area contributed by atoms with Gasteiger partial charge in [0.15, 0.2) is 5.78 Å². The lowest BCUT2D eigenvalue weighted by molar-refractivity contribution is -0.140. The Kier molecular flexibility index (Phi) is 7.39. The van der Waals surface area contributed by atoms with Crippen LogP contribution < -0.4 is 10.1 Å². The number of carbonyl (C=O) groups is 2. The van der Waals surface area contributed by atoms with Gasteiger partial charge < -0.3 is 19.5 Å². The number of ether oxygens (including phenoxy) is 3. The molecule has 178 valence electrons. The van der Waals surface area contributed by atoms with Gasteiger partial charge in [-0.2, -0.15) is 0 Å². The van der Waals surface area contributed by atoms with Crippen LogP contribution in [-0.4, -0.2) is 39.2 Å². The van der Waals surface area contributed by atoms with Gasteiger partial charge in [0.1, 0.15) is 12.4 Å². The van der Waals surface area contributed by atoms with Crippen molar-refractivity contribution in [2.45, 2.75) is 31.6 Å². The van der Waals surface area contributed by atoms with Crippen molar-refractivity contribution >= 4 is 23.4 Å². The number of esters is 1. The zero-order chi connectivity index (χ0) is 24.2. The van der Waals surface area contributed by atoms with Crippen molar-refractivity contribution < 1.29 is 23.8 Å². The van der Waals surface area contributed by atoms with Crippen LogP contribution in [0, 0.1) is 0 Å². The van der Waals surface area contributed by atoms with E-state index in [0.717, 1.165) is 22.6 Å². The first-order valence-electron chi connectivity index (χ1n) is 11.2. The Balaban J connectivity index is 1.76. The minimum absolute atomic E-state index is 0.00989. The molecule has 34 heavy (non-hydrogen) atoms. The van der Waals surface area contributed by atoms with Gasteiger partial charge in [-0.3, -0.25) is 4.79 Å². The summed E-state index contributed by atoms with van der Waals surface area (Å²) < 4.78 is 16.0. The minimum Gasteiger partial charge on any atom is -0.496 e. The lowest BCUT2D eigenvalue weighted by Crippen LogP contribution is -2.36. The third kappa shape index (κ3) is 4.74. The molecule has 0 fully saturated rings. The summed E-state index contributed by atoms with van der Waals surface area (Å²) in [6.07, 6.45) is 0.949. The predicted octanol–water partition coefficient (Wildman–Crippen LogP) is 4.90. The van der Waals surface area contributed by atoms with Gasteiger partial charge in [-0.05, 0) is 42.7 Å². The number of halogens is 1. The Morgan fingerprint density at radius 2 is 1.88 bits per heavy atom. The first-order chi connectivity index (χ1) is 16.4. The molecule has 0 unspecified atom stereocenters. The number of allylic oxidation sites excluding steroid dienone is 3. The highest BCUT2D eigenvalue weighted by molar-refractivity contribution is 6.30. The molecule has 1 aliphatic carbocycles. The van der Waals surface area contributed by atoms with Gasteiger partial charge in [0.05, 0.1) is 19.3 Å². The van der Waals surface area contributed by atoms with Crippen molar-refractivity contribution in [1.29, 1.82) is 0 Å². The van der Waals surface area contributed by atoms with Gasteiger partial charge >= 0.3 is 5.97 Å². The molecular formula is C27H28ClNO5. The maximum Gasteiger partial charge on any atom is 0.336 e. The summed E-state index contributed by atoms with van der Waals surface area (Å²) in [7, 11) is 3.18. The van der Waals surface area contributed by atoms with Crippen LogP contribution in [0.25, 0.3) is 0 Å². The Bertz CT molecular complexity index is 1170. The van der Waals surface area contributed by atoms with Crippen LogP contribution >= 0.6 is 11.6 Å². The average Bonchev–Trinajstić information content (AvgIpc) is 2.83. The van der Waals surface area contributed by atoms with Crippen molar-refractivity contribution in [3.8, 4) is 5.75 Å². The van der Waals surface area contributed by atoms with E-state index in [-0.39, 0.29) is 18.3 Å². The monoisotopic (exact) mass is 481 g/mol. The Morgan fingerprint density at radius 3 is 2.62 bits per heavy atom. The summed E-state index contributed by atoms with van der Waals surface area (Å²) in [5.41, 5.74) is 4.28. The van der Waals surface area contributed by atoms with E-state index < -0.39 is 11.9 Å². The number of carbonyl (C=O) groups excluding carboxylic acids is 2.